The van der Waals surface area contributed by atoms with Crippen LogP contribution >= 0.6 is 0 Å². The number of piperidine rings is 1. The molecule has 3 rings (SSSR count). The molecule has 6 heteroatoms. The zero-order chi connectivity index (χ0) is 18.7. The summed E-state index contributed by atoms with van der Waals surface area (Å²) in [4.78, 5) is 26.0. The first-order chi connectivity index (χ1) is 12.4. The number of hydrogen-bond donors (Lipinski definition) is 1. The third-order valence-electron chi connectivity index (χ3n) is 5.89. The molecule has 0 spiro atoms. The molecule has 1 saturated heterocycles. The Morgan fingerprint density at radius 1 is 1.19 bits per heavy atom. The molecule has 26 heavy (non-hydrogen) atoms. The Balaban J connectivity index is 1.81. The van der Waals surface area contributed by atoms with Gasteiger partial charge in [-0.1, -0.05) is 18.9 Å². The van der Waals surface area contributed by atoms with E-state index in [1.54, 1.807) is 4.90 Å². The van der Waals surface area contributed by atoms with Crippen molar-refractivity contribution in [1.29, 1.82) is 0 Å². The first kappa shape index (κ1) is 18.8. The summed E-state index contributed by atoms with van der Waals surface area (Å²) in [5.41, 5.74) is -0.610. The predicted molar refractivity (Wildman–Crippen MR) is 92.7 cm³/mol. The van der Waals surface area contributed by atoms with E-state index in [9.17, 15) is 18.4 Å². The Hall–Kier alpha value is -1.98. The molecular formula is C20H25F2NO3. The number of hydrogen-bond acceptors (Lipinski definition) is 2. The van der Waals surface area contributed by atoms with Gasteiger partial charge >= 0.3 is 5.97 Å². The van der Waals surface area contributed by atoms with Gasteiger partial charge in [-0.05, 0) is 44.1 Å². The van der Waals surface area contributed by atoms with Crippen LogP contribution in [0.2, 0.25) is 0 Å². The fourth-order valence-corrected chi connectivity index (χ4v) is 4.57. The molecule has 1 unspecified atom stereocenters. The number of carbonyl (C=O) groups is 2. The third-order valence-corrected chi connectivity index (χ3v) is 5.89. The van der Waals surface area contributed by atoms with Gasteiger partial charge in [-0.3, -0.25) is 9.59 Å². The second-order valence-electron chi connectivity index (χ2n) is 7.61. The van der Waals surface area contributed by atoms with Crippen molar-refractivity contribution in [3.63, 3.8) is 0 Å². The Kier molecular flexibility index (Phi) is 5.58. The minimum Gasteiger partial charge on any atom is -0.481 e. The molecule has 1 aromatic carbocycles. The maximum Gasteiger partial charge on any atom is 0.303 e. The molecule has 1 aliphatic carbocycles. The van der Waals surface area contributed by atoms with Gasteiger partial charge in [-0.2, -0.15) is 0 Å². The van der Waals surface area contributed by atoms with Crippen molar-refractivity contribution in [2.75, 3.05) is 13.1 Å². The van der Waals surface area contributed by atoms with Gasteiger partial charge in [0.15, 0.2) is 0 Å². The van der Waals surface area contributed by atoms with Crippen LogP contribution in [0.25, 0.3) is 0 Å². The van der Waals surface area contributed by atoms with Gasteiger partial charge in [0.2, 0.25) is 5.91 Å². The summed E-state index contributed by atoms with van der Waals surface area (Å²) < 4.78 is 27.8. The van der Waals surface area contributed by atoms with Gasteiger partial charge in [0, 0.05) is 31.1 Å². The molecule has 0 radical (unpaired) electrons. The van der Waals surface area contributed by atoms with E-state index in [4.69, 9.17) is 5.11 Å². The number of carbonyl (C=O) groups excluding carboxylic acids is 1. The van der Waals surface area contributed by atoms with E-state index in [-0.39, 0.29) is 18.2 Å². The molecule has 1 aliphatic heterocycles. The number of carboxylic acids is 1. The van der Waals surface area contributed by atoms with E-state index >= 15 is 0 Å². The summed E-state index contributed by atoms with van der Waals surface area (Å²) in [5.74, 6) is -2.03. The monoisotopic (exact) mass is 365 g/mol. The molecule has 1 saturated carbocycles. The largest absolute Gasteiger partial charge is 0.481 e. The van der Waals surface area contributed by atoms with Crippen molar-refractivity contribution in [3.8, 4) is 0 Å². The molecule has 1 N–H and O–H groups in total. The lowest BCUT2D eigenvalue weighted by atomic mass is 9.76. The van der Waals surface area contributed by atoms with E-state index in [0.29, 0.717) is 37.9 Å². The van der Waals surface area contributed by atoms with Gasteiger partial charge in [0.1, 0.15) is 11.6 Å². The molecule has 142 valence electrons. The molecule has 4 nitrogen and oxygen atoms in total. The van der Waals surface area contributed by atoms with Crippen LogP contribution in [0.3, 0.4) is 0 Å². The molecule has 2 aliphatic rings. The zero-order valence-electron chi connectivity index (χ0n) is 14.8. The van der Waals surface area contributed by atoms with Crippen LogP contribution in [0.15, 0.2) is 18.2 Å². The Bertz CT molecular complexity index is 686. The van der Waals surface area contributed by atoms with Crippen molar-refractivity contribution >= 4 is 11.9 Å². The first-order valence-corrected chi connectivity index (χ1v) is 9.39. The summed E-state index contributed by atoms with van der Waals surface area (Å²) in [5, 5.41) is 8.88. The quantitative estimate of drug-likeness (QED) is 0.861. The van der Waals surface area contributed by atoms with Crippen LogP contribution in [0.1, 0.15) is 56.9 Å². The molecule has 1 atom stereocenters. The van der Waals surface area contributed by atoms with Crippen LogP contribution < -0.4 is 0 Å². The van der Waals surface area contributed by atoms with E-state index in [0.717, 1.165) is 31.7 Å². The maximum absolute atomic E-state index is 14.5. The first-order valence-electron chi connectivity index (χ1n) is 9.39. The van der Waals surface area contributed by atoms with Gasteiger partial charge < -0.3 is 10.0 Å². The van der Waals surface area contributed by atoms with Crippen LogP contribution in [-0.2, 0) is 15.0 Å². The standard InChI is InChI=1S/C20H25F2NO3/c21-15-6-7-16(17(22)12-15)20(9-1-2-10-20)19(26)23-11-3-4-14(13-23)5-8-18(24)25/h6-7,12,14H,1-5,8-11,13H2,(H,24,25). The Labute approximate surface area is 152 Å². The molecule has 2 fully saturated rings. The third kappa shape index (κ3) is 3.74. The molecule has 1 amide bonds. The van der Waals surface area contributed by atoms with Crippen LogP contribution in [0, 0.1) is 17.6 Å². The minimum atomic E-state index is -0.910. The normalized spacial score (nSPS) is 22.4. The van der Waals surface area contributed by atoms with Gasteiger partial charge in [0.05, 0.1) is 5.41 Å². The summed E-state index contributed by atoms with van der Waals surface area (Å²) in [6.45, 7) is 1.14. The minimum absolute atomic E-state index is 0.0828. The highest BCUT2D eigenvalue weighted by atomic mass is 19.1. The van der Waals surface area contributed by atoms with Crippen molar-refractivity contribution in [3.05, 3.63) is 35.4 Å². The summed E-state index contributed by atoms with van der Waals surface area (Å²) in [6.07, 6.45) is 5.24. The topological polar surface area (TPSA) is 57.6 Å². The molecule has 0 aromatic heterocycles. The van der Waals surface area contributed by atoms with Crippen molar-refractivity contribution in [1.82, 2.24) is 4.90 Å². The lowest BCUT2D eigenvalue weighted by Gasteiger charge is -2.39. The van der Waals surface area contributed by atoms with Crippen molar-refractivity contribution in [2.45, 2.75) is 56.8 Å². The van der Waals surface area contributed by atoms with Gasteiger partial charge in [-0.25, -0.2) is 8.78 Å². The summed E-state index contributed by atoms with van der Waals surface area (Å²) in [6, 6.07) is 3.49. The predicted octanol–water partition coefficient (Wildman–Crippen LogP) is 3.88. The highest BCUT2D eigenvalue weighted by Gasteiger charge is 2.47. The van der Waals surface area contributed by atoms with E-state index in [1.807, 2.05) is 0 Å². The maximum atomic E-state index is 14.5. The Morgan fingerprint density at radius 3 is 2.58 bits per heavy atom. The fourth-order valence-electron chi connectivity index (χ4n) is 4.57. The highest BCUT2D eigenvalue weighted by molar-refractivity contribution is 5.89. The number of likely N-dealkylation sites (tertiary alicyclic amines) is 1. The number of aliphatic carboxylic acids is 1. The number of amides is 1. The number of rotatable bonds is 5. The summed E-state index contributed by atoms with van der Waals surface area (Å²) >= 11 is 0. The molecular weight excluding hydrogens is 340 g/mol. The zero-order valence-corrected chi connectivity index (χ0v) is 14.8. The molecule has 0 bridgehead atoms. The average molecular weight is 365 g/mol. The van der Waals surface area contributed by atoms with Gasteiger partial charge in [-0.15, -0.1) is 0 Å². The molecule has 1 aromatic rings. The average Bonchev–Trinajstić information content (AvgIpc) is 3.10. The van der Waals surface area contributed by atoms with Crippen molar-refractivity contribution in [2.24, 2.45) is 5.92 Å². The van der Waals surface area contributed by atoms with Gasteiger partial charge in [0.25, 0.3) is 0 Å². The van der Waals surface area contributed by atoms with E-state index in [2.05, 4.69) is 0 Å². The Morgan fingerprint density at radius 2 is 1.92 bits per heavy atom. The number of benzene rings is 1. The number of nitrogens with zero attached hydrogens (tertiary/aromatic N) is 1. The van der Waals surface area contributed by atoms with Crippen LogP contribution in [0.4, 0.5) is 8.78 Å². The smallest absolute Gasteiger partial charge is 0.303 e. The highest BCUT2D eigenvalue weighted by Crippen LogP contribution is 2.44. The lowest BCUT2D eigenvalue weighted by Crippen LogP contribution is -2.49. The summed E-state index contributed by atoms with van der Waals surface area (Å²) in [7, 11) is 0. The fraction of sp³-hybridized carbons (Fsp3) is 0.600. The number of halogens is 2. The van der Waals surface area contributed by atoms with E-state index in [1.165, 1.54) is 12.1 Å². The lowest BCUT2D eigenvalue weighted by molar-refractivity contribution is -0.139. The second kappa shape index (κ2) is 7.72. The van der Waals surface area contributed by atoms with Crippen LogP contribution in [-0.4, -0.2) is 35.0 Å². The second-order valence-corrected chi connectivity index (χ2v) is 7.61. The van der Waals surface area contributed by atoms with Crippen molar-refractivity contribution < 1.29 is 23.5 Å². The van der Waals surface area contributed by atoms with E-state index < -0.39 is 23.0 Å². The number of carboxylic acid groups (broad SMARTS) is 1. The SMILES string of the molecule is O=C(O)CCC1CCCN(C(=O)C2(c3ccc(F)cc3F)CCCC2)C1. The van der Waals surface area contributed by atoms with Crippen LogP contribution in [0.5, 0.6) is 0 Å². The molecule has 1 heterocycles.